The largest absolute Gasteiger partial charge is 0.453 e. The Labute approximate surface area is 432 Å². The monoisotopic (exact) mass is 996 g/mol. The van der Waals surface area contributed by atoms with Crippen molar-refractivity contribution in [3.05, 3.63) is 108 Å². The lowest BCUT2D eigenvalue weighted by Gasteiger charge is -2.33. The first-order chi connectivity index (χ1) is 35.4. The van der Waals surface area contributed by atoms with Crippen LogP contribution >= 0.6 is 0 Å². The van der Waals surface area contributed by atoms with Crippen LogP contribution in [0.4, 0.5) is 15.3 Å². The molecule has 73 heavy (non-hydrogen) atoms. The fraction of sp³-hybridized carbons (Fsp3) is 0.517. The van der Waals surface area contributed by atoms with Crippen molar-refractivity contribution in [2.24, 2.45) is 11.8 Å². The van der Waals surface area contributed by atoms with Crippen molar-refractivity contribution in [1.29, 1.82) is 0 Å². The Balaban J connectivity index is 0.00000385. The summed E-state index contributed by atoms with van der Waals surface area (Å²) in [5.41, 5.74) is 7.81. The Morgan fingerprint density at radius 2 is 1.23 bits per heavy atom. The molecule has 4 aromatic rings. The van der Waals surface area contributed by atoms with Crippen LogP contribution in [0.3, 0.4) is 0 Å². The number of benzene rings is 2. The zero-order valence-electron chi connectivity index (χ0n) is 43.9. The van der Waals surface area contributed by atoms with E-state index in [2.05, 4.69) is 105 Å². The van der Waals surface area contributed by atoms with E-state index >= 15 is 0 Å². The fourth-order valence-corrected chi connectivity index (χ4v) is 11.5. The molecular formula is C58H77N9O6. The summed E-state index contributed by atoms with van der Waals surface area (Å²) in [5, 5.41) is 5.47. The maximum atomic E-state index is 13.8. The summed E-state index contributed by atoms with van der Waals surface area (Å²) < 4.78 is 9.64. The van der Waals surface area contributed by atoms with Gasteiger partial charge in [0.15, 0.2) is 0 Å². The number of amides is 4. The van der Waals surface area contributed by atoms with Gasteiger partial charge in [-0.1, -0.05) is 102 Å². The molecule has 0 bridgehead atoms. The van der Waals surface area contributed by atoms with Crippen LogP contribution in [-0.4, -0.2) is 99.2 Å². The van der Waals surface area contributed by atoms with Crippen molar-refractivity contribution in [3.63, 3.8) is 0 Å². The van der Waals surface area contributed by atoms with E-state index in [0.717, 1.165) is 79.1 Å². The van der Waals surface area contributed by atoms with E-state index in [1.54, 1.807) is 0 Å². The Kier molecular flexibility index (Phi) is 18.6. The van der Waals surface area contributed by atoms with Crippen LogP contribution in [-0.2, 0) is 19.1 Å². The lowest BCUT2D eigenvalue weighted by atomic mass is 9.84. The zero-order valence-corrected chi connectivity index (χ0v) is 43.9. The first kappa shape index (κ1) is 54.0. The molecule has 15 heteroatoms. The molecule has 4 N–H and O–H groups in total. The van der Waals surface area contributed by atoms with E-state index in [4.69, 9.17) is 19.4 Å². The number of anilines is 1. The van der Waals surface area contributed by atoms with Gasteiger partial charge in [0.1, 0.15) is 23.7 Å². The molecule has 0 radical (unpaired) electrons. The molecular weight excluding hydrogens is 919 g/mol. The minimum Gasteiger partial charge on any atom is -0.453 e. The van der Waals surface area contributed by atoms with Gasteiger partial charge in [-0.2, -0.15) is 0 Å². The number of terminal acetylenes is 1. The number of nitrogens with zero attached hydrogens (tertiary/aromatic N) is 5. The minimum absolute atomic E-state index is 0.107. The number of carbonyl (C=O) groups excluding carboxylic acids is 4. The Bertz CT molecular complexity index is 2550. The number of imidazole rings is 2. The standard InChI is InChI=1S/C56H75N9O6.C2H2/c1-8-37(44-33-57-51(59-44)47-19-13-31-63(47)53(66)49(35(2)3)61-55(68)70-6)17-12-18-42-29-30-46(65(42)43-27-25-39(26-28-43)38-15-10-9-11-16-38)41-23-21-40(22-24-41)45-34-58-52(60-45)48-20-14-32-64(48)54(67)50(36(4)5)62-56(69)71-7;1-2/h8,12,17,21-28,33-36,38,42,46-50H,9-11,13-16,18-20,29-32H2,1-7H3,(H,57,59)(H,58,60)(H,61,68)(H,62,69);1-2H/b17-12-,37-8+;/t42-,46+,47-,48-,49?,50-;/m0./s1. The minimum atomic E-state index is -0.690. The van der Waals surface area contributed by atoms with Gasteiger partial charge in [0.2, 0.25) is 11.8 Å². The highest BCUT2D eigenvalue weighted by Crippen LogP contribution is 2.43. The zero-order chi connectivity index (χ0) is 52.2. The quantitative estimate of drug-likeness (QED) is 0.0628. The van der Waals surface area contributed by atoms with Crippen LogP contribution < -0.4 is 15.5 Å². The number of aromatic nitrogens is 4. The van der Waals surface area contributed by atoms with Crippen LogP contribution in [0.15, 0.2) is 79.2 Å². The molecule has 2 aromatic heterocycles. The number of nitrogens with one attached hydrogen (secondary N) is 4. The van der Waals surface area contributed by atoms with Crippen molar-refractivity contribution < 1.29 is 28.7 Å². The van der Waals surface area contributed by atoms with E-state index < -0.39 is 24.3 Å². The van der Waals surface area contributed by atoms with Crippen LogP contribution in [0.1, 0.15) is 164 Å². The Morgan fingerprint density at radius 3 is 1.78 bits per heavy atom. The van der Waals surface area contributed by atoms with Gasteiger partial charge in [-0.25, -0.2) is 19.6 Å². The van der Waals surface area contributed by atoms with Crippen molar-refractivity contribution in [2.45, 2.75) is 154 Å². The number of allylic oxidation sites excluding steroid dienone is 3. The smallest absolute Gasteiger partial charge is 0.407 e. The third-order valence-electron chi connectivity index (χ3n) is 15.4. The molecule has 4 amide bonds. The molecule has 3 aliphatic heterocycles. The summed E-state index contributed by atoms with van der Waals surface area (Å²) >= 11 is 0. The maximum absolute atomic E-state index is 13.8. The van der Waals surface area contributed by atoms with Gasteiger partial charge in [0.05, 0.1) is 56.1 Å². The number of rotatable bonds is 16. The molecule has 390 valence electrons. The van der Waals surface area contributed by atoms with E-state index in [0.29, 0.717) is 19.0 Å². The molecule has 3 saturated heterocycles. The average Bonchev–Trinajstić information content (AvgIpc) is 4.29. The number of hydrogen-bond donors (Lipinski definition) is 4. The Hall–Kier alpha value is -6.82. The summed E-state index contributed by atoms with van der Waals surface area (Å²) in [6, 6.07) is 17.0. The topological polar surface area (TPSA) is 178 Å². The second-order valence-electron chi connectivity index (χ2n) is 20.5. The molecule has 8 rings (SSSR count). The van der Waals surface area contributed by atoms with Gasteiger partial charge < -0.3 is 44.8 Å². The highest BCUT2D eigenvalue weighted by molar-refractivity contribution is 5.87. The number of hydrogen-bond acceptors (Lipinski definition) is 9. The lowest BCUT2D eigenvalue weighted by Crippen LogP contribution is -2.51. The van der Waals surface area contributed by atoms with Gasteiger partial charge in [0, 0.05) is 24.8 Å². The number of aromatic amines is 2. The molecule has 5 heterocycles. The third kappa shape index (κ3) is 12.5. The summed E-state index contributed by atoms with van der Waals surface area (Å²) in [6.07, 6.45) is 29.8. The van der Waals surface area contributed by atoms with Crippen LogP contribution in [0.5, 0.6) is 0 Å². The molecule has 2 aromatic carbocycles. The van der Waals surface area contributed by atoms with Crippen molar-refractivity contribution in [3.8, 4) is 24.1 Å². The average molecular weight is 996 g/mol. The highest BCUT2D eigenvalue weighted by Gasteiger charge is 2.40. The molecule has 15 nitrogen and oxygen atoms in total. The SMILES string of the molecule is C#C.C/C=C(\C=C/C[C@H]1CC[C@H](c2ccc(-c3cnc([C@@H]4CCCN4C(=O)[C@@H](NC(=O)OC)C(C)C)[nH]3)cc2)N1c1ccc(C2CCCCC2)cc1)c1cnc([C@@H]2CCCN2C(=O)C(NC(=O)OC)C(C)C)[nH]1. The third-order valence-corrected chi connectivity index (χ3v) is 15.4. The number of carbonyl (C=O) groups is 4. The predicted octanol–water partition coefficient (Wildman–Crippen LogP) is 10.9. The number of ether oxygens (including phenoxy) is 2. The number of likely N-dealkylation sites (tertiary alicyclic amines) is 2. The van der Waals surface area contributed by atoms with E-state index in [-0.39, 0.29) is 47.8 Å². The van der Waals surface area contributed by atoms with Gasteiger partial charge in [0.25, 0.3) is 0 Å². The predicted molar refractivity (Wildman–Crippen MR) is 286 cm³/mol. The molecule has 4 fully saturated rings. The number of H-pyrrole nitrogens is 2. The summed E-state index contributed by atoms with van der Waals surface area (Å²) in [4.78, 5) is 74.8. The lowest BCUT2D eigenvalue weighted by molar-refractivity contribution is -0.136. The molecule has 1 saturated carbocycles. The number of alkyl carbamates (subject to hydrolysis) is 2. The van der Waals surface area contributed by atoms with Crippen molar-refractivity contribution in [1.82, 2.24) is 40.4 Å². The van der Waals surface area contributed by atoms with Crippen LogP contribution in [0, 0.1) is 24.7 Å². The summed E-state index contributed by atoms with van der Waals surface area (Å²) in [6.45, 7) is 10.9. The molecule has 1 unspecified atom stereocenters. The molecule has 0 spiro atoms. The van der Waals surface area contributed by atoms with E-state index in [9.17, 15) is 19.2 Å². The van der Waals surface area contributed by atoms with Gasteiger partial charge in [-0.3, -0.25) is 9.59 Å². The van der Waals surface area contributed by atoms with Gasteiger partial charge >= 0.3 is 12.2 Å². The normalized spacial score (nSPS) is 21.3. The van der Waals surface area contributed by atoms with Crippen LogP contribution in [0.2, 0.25) is 0 Å². The molecule has 6 atom stereocenters. The Morgan fingerprint density at radius 1 is 0.685 bits per heavy atom. The molecule has 4 aliphatic rings. The molecule has 1 aliphatic carbocycles. The van der Waals surface area contributed by atoms with E-state index in [1.165, 1.54) is 63.1 Å². The van der Waals surface area contributed by atoms with E-state index in [1.807, 2.05) is 56.8 Å². The first-order valence-electron chi connectivity index (χ1n) is 26.4. The highest BCUT2D eigenvalue weighted by atomic mass is 16.5. The summed E-state index contributed by atoms with van der Waals surface area (Å²) in [7, 11) is 2.61. The first-order valence-corrected chi connectivity index (χ1v) is 26.4. The van der Waals surface area contributed by atoms with Gasteiger partial charge in [-0.05, 0) is 117 Å². The second-order valence-corrected chi connectivity index (χ2v) is 20.5. The number of methoxy groups -OCH3 is 2. The van der Waals surface area contributed by atoms with Crippen molar-refractivity contribution in [2.75, 3.05) is 32.2 Å². The van der Waals surface area contributed by atoms with Gasteiger partial charge in [-0.15, -0.1) is 12.8 Å². The van der Waals surface area contributed by atoms with Crippen LogP contribution in [0.25, 0.3) is 16.8 Å². The summed E-state index contributed by atoms with van der Waals surface area (Å²) in [5.74, 6) is 1.67. The maximum Gasteiger partial charge on any atom is 0.407 e. The van der Waals surface area contributed by atoms with Crippen molar-refractivity contribution >= 4 is 35.3 Å². The second kappa shape index (κ2) is 25.2. The fourth-order valence-electron chi connectivity index (χ4n) is 11.5.